The first-order valence-corrected chi connectivity index (χ1v) is 18.8. The fraction of sp³-hybridized carbons (Fsp3) is 0.476. The van der Waals surface area contributed by atoms with E-state index in [0.717, 1.165) is 40.8 Å². The highest BCUT2D eigenvalue weighted by Gasteiger charge is 2.53. The Balaban J connectivity index is 0.974. The smallest absolute Gasteiger partial charge is 0.410 e. The molecule has 1 unspecified atom stereocenters. The number of likely N-dealkylation sites (tertiary alicyclic amines) is 1. The number of pyridine rings is 1. The standard InChI is InChI=1S/C42H48F3N5O4/c1-27(47-37(51)32-19-35(24-46-23-32)48-15-17-49(18-16-48)38(52)31-13-14-42(44,45)22-31)28-5-7-29(8-6-28)36(30-9-11-34(43)12-10-30)33-20-41(21-33)25-50(26-41)39(53)54-40(2,3)4/h5-12,19,23-24,27,31H,13-18,20-22,25-26H2,1-4H3,(H,47,51)/t27-,31?/m1/s1. The van der Waals surface area contributed by atoms with Gasteiger partial charge in [0.05, 0.1) is 23.5 Å². The van der Waals surface area contributed by atoms with Crippen LogP contribution in [0.15, 0.2) is 72.6 Å². The molecule has 3 amide bonds. The van der Waals surface area contributed by atoms with Gasteiger partial charge < -0.3 is 24.8 Å². The lowest BCUT2D eigenvalue weighted by molar-refractivity contribution is -0.136. The summed E-state index contributed by atoms with van der Waals surface area (Å²) in [7, 11) is 0. The highest BCUT2D eigenvalue weighted by molar-refractivity contribution is 5.95. The normalized spacial score (nSPS) is 20.9. The van der Waals surface area contributed by atoms with Crippen molar-refractivity contribution in [3.8, 4) is 0 Å². The average Bonchev–Trinajstić information content (AvgIpc) is 3.47. The van der Waals surface area contributed by atoms with Gasteiger partial charge in [-0.3, -0.25) is 14.6 Å². The lowest BCUT2D eigenvalue weighted by Crippen LogP contribution is -2.62. The molecule has 12 heteroatoms. The summed E-state index contributed by atoms with van der Waals surface area (Å²) in [6, 6.07) is 16.1. The monoisotopic (exact) mass is 743 g/mol. The minimum absolute atomic E-state index is 0.0353. The summed E-state index contributed by atoms with van der Waals surface area (Å²) in [6.45, 7) is 10.7. The van der Waals surface area contributed by atoms with Gasteiger partial charge in [0.15, 0.2) is 0 Å². The Labute approximate surface area is 314 Å². The van der Waals surface area contributed by atoms with Gasteiger partial charge in [-0.2, -0.15) is 0 Å². The van der Waals surface area contributed by atoms with Gasteiger partial charge in [-0.25, -0.2) is 18.0 Å². The van der Waals surface area contributed by atoms with Crippen LogP contribution >= 0.6 is 0 Å². The summed E-state index contributed by atoms with van der Waals surface area (Å²) in [6.07, 6.45) is 4.24. The molecule has 1 N–H and O–H groups in total. The zero-order valence-electron chi connectivity index (χ0n) is 31.3. The van der Waals surface area contributed by atoms with Crippen molar-refractivity contribution in [1.82, 2.24) is 20.1 Å². The maximum Gasteiger partial charge on any atom is 0.410 e. The van der Waals surface area contributed by atoms with E-state index in [4.69, 9.17) is 4.74 Å². The third-order valence-corrected chi connectivity index (χ3v) is 11.1. The average molecular weight is 744 g/mol. The molecule has 0 bridgehead atoms. The quantitative estimate of drug-likeness (QED) is 0.268. The van der Waals surface area contributed by atoms with E-state index in [1.54, 1.807) is 34.2 Å². The molecule has 2 aromatic carbocycles. The summed E-state index contributed by atoms with van der Waals surface area (Å²) in [5.74, 6) is -4.14. The highest BCUT2D eigenvalue weighted by atomic mass is 19.3. The van der Waals surface area contributed by atoms with Gasteiger partial charge in [0.25, 0.3) is 5.91 Å². The number of aromatic nitrogens is 1. The van der Waals surface area contributed by atoms with Gasteiger partial charge in [-0.05, 0) is 87.4 Å². The Kier molecular flexibility index (Phi) is 9.99. The molecule has 4 aliphatic rings. The van der Waals surface area contributed by atoms with E-state index < -0.39 is 17.4 Å². The van der Waals surface area contributed by atoms with Crippen LogP contribution in [-0.2, 0) is 9.53 Å². The summed E-state index contributed by atoms with van der Waals surface area (Å²) in [5.41, 5.74) is 5.83. The summed E-state index contributed by atoms with van der Waals surface area (Å²) in [4.78, 5) is 48.6. The van der Waals surface area contributed by atoms with Crippen LogP contribution in [0.5, 0.6) is 0 Å². The number of anilines is 1. The van der Waals surface area contributed by atoms with E-state index >= 15 is 0 Å². The number of piperazine rings is 1. The predicted molar refractivity (Wildman–Crippen MR) is 200 cm³/mol. The second-order valence-electron chi connectivity index (χ2n) is 16.5. The van der Waals surface area contributed by atoms with Crippen molar-refractivity contribution in [2.75, 3.05) is 44.2 Å². The molecular weight excluding hydrogens is 695 g/mol. The Morgan fingerprint density at radius 3 is 2.11 bits per heavy atom. The summed E-state index contributed by atoms with van der Waals surface area (Å²) < 4.78 is 46.9. The third kappa shape index (κ3) is 8.12. The molecule has 0 radical (unpaired) electrons. The van der Waals surface area contributed by atoms with Crippen molar-refractivity contribution in [2.24, 2.45) is 11.3 Å². The fourth-order valence-electron chi connectivity index (χ4n) is 8.30. The lowest BCUT2D eigenvalue weighted by atomic mass is 9.59. The number of ether oxygens (including phenoxy) is 1. The molecule has 2 saturated carbocycles. The Hall–Kier alpha value is -4.87. The van der Waals surface area contributed by atoms with E-state index in [-0.39, 0.29) is 54.4 Å². The second-order valence-corrected chi connectivity index (χ2v) is 16.5. The molecule has 1 aromatic heterocycles. The molecular formula is C42H48F3N5O4. The van der Waals surface area contributed by atoms with E-state index in [0.29, 0.717) is 44.8 Å². The largest absolute Gasteiger partial charge is 0.444 e. The van der Waals surface area contributed by atoms with E-state index in [1.807, 2.05) is 52.0 Å². The number of nitrogens with zero attached hydrogens (tertiary/aromatic N) is 4. The number of benzene rings is 2. The minimum Gasteiger partial charge on any atom is -0.444 e. The number of hydrogen-bond acceptors (Lipinski definition) is 6. The first-order chi connectivity index (χ1) is 25.6. The maximum absolute atomic E-state index is 13.9. The van der Waals surface area contributed by atoms with Crippen LogP contribution in [0.25, 0.3) is 5.57 Å². The number of rotatable bonds is 7. The van der Waals surface area contributed by atoms with Gasteiger partial charge in [-0.1, -0.05) is 42.0 Å². The number of nitrogens with one attached hydrogen (secondary N) is 1. The molecule has 2 saturated heterocycles. The van der Waals surface area contributed by atoms with Gasteiger partial charge in [0.2, 0.25) is 11.8 Å². The van der Waals surface area contributed by atoms with Gasteiger partial charge >= 0.3 is 6.09 Å². The zero-order valence-corrected chi connectivity index (χ0v) is 31.3. The SMILES string of the molecule is C[C@@H](NC(=O)c1cncc(N2CCN(C(=O)C3CCC(F)(F)C3)CC2)c1)c1ccc(C(=C2CC3(C2)CN(C(=O)OC(C)(C)C)C3)c2ccc(F)cc2)cc1. The molecule has 1 spiro atoms. The minimum atomic E-state index is -2.76. The molecule has 9 nitrogen and oxygen atoms in total. The van der Waals surface area contributed by atoms with E-state index in [9.17, 15) is 27.6 Å². The summed E-state index contributed by atoms with van der Waals surface area (Å²) in [5, 5.41) is 3.08. The first-order valence-electron chi connectivity index (χ1n) is 18.8. The van der Waals surface area contributed by atoms with Crippen molar-refractivity contribution in [3.63, 3.8) is 0 Å². The molecule has 7 rings (SSSR count). The molecule has 2 aliphatic heterocycles. The Morgan fingerprint density at radius 2 is 1.52 bits per heavy atom. The number of carbonyl (C=O) groups is 3. The molecule has 2 atom stereocenters. The topological polar surface area (TPSA) is 95.1 Å². The van der Waals surface area contributed by atoms with Gasteiger partial charge in [0, 0.05) is 69.6 Å². The number of hydrogen-bond donors (Lipinski definition) is 1. The van der Waals surface area contributed by atoms with E-state index in [2.05, 4.69) is 15.2 Å². The van der Waals surface area contributed by atoms with Crippen LogP contribution in [0.1, 0.15) is 92.9 Å². The number of carbonyl (C=O) groups excluding carboxylic acids is 3. The van der Waals surface area contributed by atoms with Crippen LogP contribution in [-0.4, -0.2) is 83.5 Å². The zero-order chi connectivity index (χ0) is 38.4. The number of allylic oxidation sites excluding steroid dienone is 1. The molecule has 286 valence electrons. The molecule has 2 aliphatic carbocycles. The lowest BCUT2D eigenvalue weighted by Gasteiger charge is -2.57. The third-order valence-electron chi connectivity index (χ3n) is 11.1. The molecule has 3 heterocycles. The van der Waals surface area contributed by atoms with Crippen molar-refractivity contribution < 1.29 is 32.3 Å². The van der Waals surface area contributed by atoms with Crippen molar-refractivity contribution in [3.05, 3.63) is 101 Å². The maximum atomic E-state index is 13.9. The second kappa shape index (κ2) is 14.4. The van der Waals surface area contributed by atoms with Crippen molar-refractivity contribution >= 4 is 29.2 Å². The highest BCUT2D eigenvalue weighted by Crippen LogP contribution is 2.55. The summed E-state index contributed by atoms with van der Waals surface area (Å²) >= 11 is 0. The number of halogens is 3. The number of amides is 3. The van der Waals surface area contributed by atoms with Crippen LogP contribution in [0.3, 0.4) is 0 Å². The first kappa shape index (κ1) is 37.4. The predicted octanol–water partition coefficient (Wildman–Crippen LogP) is 7.63. The fourth-order valence-corrected chi connectivity index (χ4v) is 8.30. The molecule has 54 heavy (non-hydrogen) atoms. The number of alkyl halides is 2. The van der Waals surface area contributed by atoms with Crippen LogP contribution in [0, 0.1) is 17.2 Å². The van der Waals surface area contributed by atoms with Crippen molar-refractivity contribution in [2.45, 2.75) is 77.4 Å². The molecule has 4 fully saturated rings. The van der Waals surface area contributed by atoms with Crippen LogP contribution in [0.2, 0.25) is 0 Å². The Morgan fingerprint density at radius 1 is 0.889 bits per heavy atom. The molecule has 3 aromatic rings. The van der Waals surface area contributed by atoms with Gasteiger partial charge in [-0.15, -0.1) is 0 Å². The van der Waals surface area contributed by atoms with Crippen LogP contribution < -0.4 is 10.2 Å². The Bertz CT molecular complexity index is 1920. The van der Waals surface area contributed by atoms with Crippen molar-refractivity contribution in [1.29, 1.82) is 0 Å². The van der Waals surface area contributed by atoms with Gasteiger partial charge in [0.1, 0.15) is 11.4 Å². The van der Waals surface area contributed by atoms with Crippen LogP contribution in [0.4, 0.5) is 23.7 Å². The van der Waals surface area contributed by atoms with E-state index in [1.165, 1.54) is 23.9 Å².